The number of halogens is 2. The second-order valence-corrected chi connectivity index (χ2v) is 4.60. The van der Waals surface area contributed by atoms with E-state index in [0.29, 0.717) is 0 Å². The summed E-state index contributed by atoms with van der Waals surface area (Å²) in [6, 6.07) is 13.3. The molecule has 3 rings (SSSR count). The Morgan fingerprint density at radius 2 is 1.76 bits per heavy atom. The second kappa shape index (κ2) is 5.75. The van der Waals surface area contributed by atoms with Gasteiger partial charge in [-0.15, -0.1) is 0 Å². The predicted octanol–water partition coefficient (Wildman–Crippen LogP) is 3.97. The lowest BCUT2D eigenvalue weighted by molar-refractivity contribution is 0.560. The van der Waals surface area contributed by atoms with Gasteiger partial charge in [0.05, 0.1) is 5.69 Å². The summed E-state index contributed by atoms with van der Waals surface area (Å²) in [5.41, 5.74) is 2.65. The van der Waals surface area contributed by atoms with Crippen molar-refractivity contribution in [2.24, 2.45) is 0 Å². The Hall–Kier alpha value is -2.69. The largest absolute Gasteiger partial charge is 0.381 e. The molecule has 0 aliphatic heterocycles. The van der Waals surface area contributed by atoms with Gasteiger partial charge >= 0.3 is 0 Å². The summed E-state index contributed by atoms with van der Waals surface area (Å²) in [5.74, 6) is -1.10. The lowest BCUT2D eigenvalue weighted by atomic mass is 10.1. The van der Waals surface area contributed by atoms with E-state index in [1.54, 1.807) is 6.20 Å². The highest BCUT2D eigenvalue weighted by Gasteiger charge is 2.08. The molecule has 1 heterocycles. The molecule has 5 heteroatoms. The van der Waals surface area contributed by atoms with Gasteiger partial charge in [-0.3, -0.25) is 5.10 Å². The van der Waals surface area contributed by atoms with Crippen molar-refractivity contribution in [1.82, 2.24) is 10.2 Å². The second-order valence-electron chi connectivity index (χ2n) is 4.60. The third-order valence-electron chi connectivity index (χ3n) is 3.21. The van der Waals surface area contributed by atoms with Gasteiger partial charge in [0.15, 0.2) is 0 Å². The minimum atomic E-state index is -0.549. The summed E-state index contributed by atoms with van der Waals surface area (Å²) in [6.45, 7) is 0.0882. The minimum Gasteiger partial charge on any atom is -0.381 e. The van der Waals surface area contributed by atoms with Crippen molar-refractivity contribution in [3.63, 3.8) is 0 Å². The van der Waals surface area contributed by atoms with Crippen LogP contribution in [0.4, 0.5) is 14.5 Å². The third-order valence-corrected chi connectivity index (χ3v) is 3.21. The molecule has 0 bridgehead atoms. The van der Waals surface area contributed by atoms with E-state index in [-0.39, 0.29) is 12.1 Å². The van der Waals surface area contributed by atoms with Gasteiger partial charge < -0.3 is 5.32 Å². The fourth-order valence-electron chi connectivity index (χ4n) is 2.11. The number of H-pyrrole nitrogens is 1. The number of benzene rings is 2. The van der Waals surface area contributed by atoms with Crippen molar-refractivity contribution >= 4 is 5.69 Å². The Morgan fingerprint density at radius 3 is 2.48 bits per heavy atom. The van der Waals surface area contributed by atoms with Crippen molar-refractivity contribution < 1.29 is 8.78 Å². The number of hydrogen-bond donors (Lipinski definition) is 2. The zero-order valence-electron chi connectivity index (χ0n) is 11.1. The lowest BCUT2D eigenvalue weighted by Gasteiger charge is -2.09. The zero-order chi connectivity index (χ0) is 14.7. The molecule has 0 saturated carbocycles. The van der Waals surface area contributed by atoms with Gasteiger partial charge in [-0.05, 0) is 30.3 Å². The maximum Gasteiger partial charge on any atom is 0.131 e. The van der Waals surface area contributed by atoms with Crippen molar-refractivity contribution in [2.75, 3.05) is 5.32 Å². The first-order valence-corrected chi connectivity index (χ1v) is 6.50. The average Bonchev–Trinajstić information content (AvgIpc) is 3.01. The molecule has 0 amide bonds. The van der Waals surface area contributed by atoms with Gasteiger partial charge in [-0.2, -0.15) is 5.10 Å². The highest BCUT2D eigenvalue weighted by atomic mass is 19.1. The molecule has 21 heavy (non-hydrogen) atoms. The number of aromatic amines is 1. The first-order chi connectivity index (χ1) is 10.2. The average molecular weight is 285 g/mol. The molecule has 0 atom stereocenters. The molecule has 0 radical (unpaired) electrons. The molecule has 3 nitrogen and oxygen atoms in total. The summed E-state index contributed by atoms with van der Waals surface area (Å²) in [7, 11) is 0. The Labute approximate surface area is 120 Å². The van der Waals surface area contributed by atoms with Crippen LogP contribution < -0.4 is 5.32 Å². The van der Waals surface area contributed by atoms with Crippen molar-refractivity contribution in [1.29, 1.82) is 0 Å². The lowest BCUT2D eigenvalue weighted by Crippen LogP contribution is -2.04. The molecule has 0 aliphatic carbocycles. The van der Waals surface area contributed by atoms with Crippen LogP contribution in [0.3, 0.4) is 0 Å². The van der Waals surface area contributed by atoms with E-state index in [9.17, 15) is 8.78 Å². The van der Waals surface area contributed by atoms with E-state index >= 15 is 0 Å². The third kappa shape index (κ3) is 2.91. The molecule has 2 aromatic carbocycles. The quantitative estimate of drug-likeness (QED) is 0.761. The monoisotopic (exact) mass is 285 g/mol. The normalized spacial score (nSPS) is 10.6. The van der Waals surface area contributed by atoms with E-state index in [1.807, 2.05) is 30.3 Å². The van der Waals surface area contributed by atoms with Crippen LogP contribution in [-0.4, -0.2) is 10.2 Å². The summed E-state index contributed by atoms with van der Waals surface area (Å²) in [6.07, 6.45) is 1.67. The Balaban J connectivity index is 1.78. The zero-order valence-corrected chi connectivity index (χ0v) is 11.1. The molecule has 0 aliphatic rings. The molecule has 0 unspecified atom stereocenters. The van der Waals surface area contributed by atoms with E-state index in [2.05, 4.69) is 15.5 Å². The van der Waals surface area contributed by atoms with Gasteiger partial charge in [0.1, 0.15) is 11.6 Å². The number of rotatable bonds is 4. The summed E-state index contributed by atoms with van der Waals surface area (Å²) in [5, 5.41) is 9.81. The molecule has 1 aromatic heterocycles. The summed E-state index contributed by atoms with van der Waals surface area (Å²) in [4.78, 5) is 0. The molecular formula is C16H13F2N3. The molecule has 3 aromatic rings. The first-order valence-electron chi connectivity index (χ1n) is 6.50. The van der Waals surface area contributed by atoms with Gasteiger partial charge in [-0.1, -0.05) is 18.2 Å². The van der Waals surface area contributed by atoms with Gasteiger partial charge in [0, 0.05) is 29.6 Å². The number of anilines is 1. The van der Waals surface area contributed by atoms with Gasteiger partial charge in [0.2, 0.25) is 0 Å². The maximum absolute atomic E-state index is 13.6. The van der Waals surface area contributed by atoms with Crippen LogP contribution in [0.25, 0.3) is 11.3 Å². The molecule has 0 saturated heterocycles. The van der Waals surface area contributed by atoms with E-state index < -0.39 is 11.6 Å². The van der Waals surface area contributed by atoms with Crippen LogP contribution in [0.1, 0.15) is 5.56 Å². The fraction of sp³-hybridized carbons (Fsp3) is 0.0625. The topological polar surface area (TPSA) is 40.7 Å². The van der Waals surface area contributed by atoms with Crippen LogP contribution in [0.2, 0.25) is 0 Å². The van der Waals surface area contributed by atoms with Crippen LogP contribution in [0, 0.1) is 11.6 Å². The number of nitrogens with one attached hydrogen (secondary N) is 2. The SMILES string of the molecule is Fc1cccc(F)c1CNc1cccc(-c2ccn[nH]2)c1. The summed E-state index contributed by atoms with van der Waals surface area (Å²) < 4.78 is 27.1. The number of hydrogen-bond acceptors (Lipinski definition) is 2. The van der Waals surface area contributed by atoms with E-state index in [0.717, 1.165) is 16.9 Å². The van der Waals surface area contributed by atoms with Crippen LogP contribution >= 0.6 is 0 Å². The number of nitrogens with zero attached hydrogens (tertiary/aromatic N) is 1. The maximum atomic E-state index is 13.6. The van der Waals surface area contributed by atoms with Gasteiger partial charge in [0.25, 0.3) is 0 Å². The van der Waals surface area contributed by atoms with Crippen molar-refractivity contribution in [3.8, 4) is 11.3 Å². The molecule has 2 N–H and O–H groups in total. The molecule has 0 fully saturated rings. The Kier molecular flexibility index (Phi) is 3.64. The van der Waals surface area contributed by atoms with Crippen LogP contribution in [-0.2, 0) is 6.54 Å². The number of aromatic nitrogens is 2. The minimum absolute atomic E-state index is 0.0319. The van der Waals surface area contributed by atoms with Crippen molar-refractivity contribution in [2.45, 2.75) is 6.54 Å². The fourth-order valence-corrected chi connectivity index (χ4v) is 2.11. The highest BCUT2D eigenvalue weighted by Crippen LogP contribution is 2.21. The highest BCUT2D eigenvalue weighted by molar-refractivity contribution is 5.64. The van der Waals surface area contributed by atoms with Crippen molar-refractivity contribution in [3.05, 3.63) is 71.9 Å². The smallest absolute Gasteiger partial charge is 0.131 e. The van der Waals surface area contributed by atoms with E-state index in [1.165, 1.54) is 18.2 Å². The summed E-state index contributed by atoms with van der Waals surface area (Å²) >= 11 is 0. The van der Waals surface area contributed by atoms with Crippen LogP contribution in [0.15, 0.2) is 54.7 Å². The van der Waals surface area contributed by atoms with Gasteiger partial charge in [-0.25, -0.2) is 8.78 Å². The van der Waals surface area contributed by atoms with E-state index in [4.69, 9.17) is 0 Å². The molecule has 0 spiro atoms. The van der Waals surface area contributed by atoms with Crippen LogP contribution in [0.5, 0.6) is 0 Å². The predicted molar refractivity (Wildman–Crippen MR) is 77.7 cm³/mol. The molecular weight excluding hydrogens is 272 g/mol. The molecule has 106 valence electrons. The first kappa shape index (κ1) is 13.3. The Bertz CT molecular complexity index is 719. The Morgan fingerprint density at radius 1 is 1.00 bits per heavy atom. The standard InChI is InChI=1S/C16H13F2N3/c17-14-5-2-6-15(18)13(14)10-19-12-4-1-3-11(9-12)16-7-8-20-21-16/h1-9,19H,10H2,(H,20,21).